The van der Waals surface area contributed by atoms with Crippen LogP contribution in [0.3, 0.4) is 0 Å². The van der Waals surface area contributed by atoms with Crippen molar-refractivity contribution in [2.45, 2.75) is 31.7 Å². The fourth-order valence-corrected chi connectivity index (χ4v) is 5.41. The van der Waals surface area contributed by atoms with E-state index in [0.29, 0.717) is 11.6 Å². The summed E-state index contributed by atoms with van der Waals surface area (Å²) in [6, 6.07) is 21.9. The Morgan fingerprint density at radius 2 is 1.82 bits per heavy atom. The molecule has 0 aromatic heterocycles. The van der Waals surface area contributed by atoms with E-state index in [4.69, 9.17) is 16.3 Å². The van der Waals surface area contributed by atoms with Gasteiger partial charge in [0, 0.05) is 34.9 Å². The van der Waals surface area contributed by atoms with Gasteiger partial charge in [0.1, 0.15) is 5.75 Å². The largest absolute Gasteiger partial charge is 0.497 e. The highest BCUT2D eigenvalue weighted by Crippen LogP contribution is 2.47. The van der Waals surface area contributed by atoms with Crippen molar-refractivity contribution in [1.82, 2.24) is 4.90 Å². The van der Waals surface area contributed by atoms with Gasteiger partial charge in [0.2, 0.25) is 0 Å². The Bertz CT molecular complexity index is 1190. The highest BCUT2D eigenvalue weighted by Gasteiger charge is 2.46. The second-order valence-electron chi connectivity index (χ2n) is 9.45. The maximum atomic E-state index is 13.3. The number of ether oxygens (including phenoxy) is 1. The zero-order chi connectivity index (χ0) is 23.7. The maximum absolute atomic E-state index is 13.3. The molecule has 0 unspecified atom stereocenters. The first-order valence-electron chi connectivity index (χ1n) is 11.8. The number of hydrogen-bond donors (Lipinski definition) is 1. The number of piperidine rings is 1. The lowest BCUT2D eigenvalue weighted by molar-refractivity contribution is 0.160. The van der Waals surface area contributed by atoms with Gasteiger partial charge in [-0.25, -0.2) is 4.79 Å². The minimum atomic E-state index is -0.0943. The molecule has 0 aliphatic carbocycles. The number of benzene rings is 3. The molecule has 34 heavy (non-hydrogen) atoms. The number of methoxy groups -OCH3 is 1. The van der Waals surface area contributed by atoms with Gasteiger partial charge in [-0.2, -0.15) is 0 Å². The van der Waals surface area contributed by atoms with Crippen LogP contribution in [0, 0.1) is 6.92 Å². The zero-order valence-corrected chi connectivity index (χ0v) is 20.4. The molecule has 1 N–H and O–H groups in total. The Morgan fingerprint density at radius 1 is 1.06 bits per heavy atom. The first-order chi connectivity index (χ1) is 16.5. The van der Waals surface area contributed by atoms with Crippen LogP contribution in [-0.2, 0) is 12.0 Å². The molecule has 2 aliphatic heterocycles. The van der Waals surface area contributed by atoms with E-state index < -0.39 is 0 Å². The van der Waals surface area contributed by atoms with Crippen LogP contribution in [0.1, 0.15) is 29.5 Å². The van der Waals surface area contributed by atoms with Crippen LogP contribution in [0.15, 0.2) is 66.7 Å². The molecule has 3 aromatic rings. The van der Waals surface area contributed by atoms with E-state index in [1.54, 1.807) is 19.2 Å². The Labute approximate surface area is 206 Å². The zero-order valence-electron chi connectivity index (χ0n) is 19.7. The van der Waals surface area contributed by atoms with Crippen molar-refractivity contribution in [1.29, 1.82) is 0 Å². The van der Waals surface area contributed by atoms with Crippen molar-refractivity contribution in [3.05, 3.63) is 88.4 Å². The van der Waals surface area contributed by atoms with E-state index in [1.807, 2.05) is 29.2 Å². The molecule has 2 amide bonds. The highest BCUT2D eigenvalue weighted by molar-refractivity contribution is 6.30. The minimum absolute atomic E-state index is 0.0104. The van der Waals surface area contributed by atoms with E-state index in [9.17, 15) is 4.79 Å². The van der Waals surface area contributed by atoms with E-state index in [2.05, 4.69) is 47.5 Å². The van der Waals surface area contributed by atoms with Crippen molar-refractivity contribution >= 4 is 29.0 Å². The number of urea groups is 1. The van der Waals surface area contributed by atoms with Crippen LogP contribution in [0.25, 0.3) is 0 Å². The van der Waals surface area contributed by atoms with Gasteiger partial charge >= 0.3 is 6.03 Å². The fraction of sp³-hybridized carbons (Fsp3) is 0.321. The molecule has 1 spiro atoms. The quantitative estimate of drug-likeness (QED) is 0.485. The van der Waals surface area contributed by atoms with Gasteiger partial charge in [-0.15, -0.1) is 0 Å². The van der Waals surface area contributed by atoms with Gasteiger partial charge in [-0.1, -0.05) is 41.4 Å². The van der Waals surface area contributed by atoms with Crippen LogP contribution >= 0.6 is 11.6 Å². The van der Waals surface area contributed by atoms with Crippen molar-refractivity contribution < 1.29 is 9.53 Å². The lowest BCUT2D eigenvalue weighted by Crippen LogP contribution is -2.46. The highest BCUT2D eigenvalue weighted by atomic mass is 35.5. The van der Waals surface area contributed by atoms with E-state index in [0.717, 1.165) is 49.6 Å². The molecule has 5 nitrogen and oxygen atoms in total. The van der Waals surface area contributed by atoms with Crippen LogP contribution in [0.5, 0.6) is 5.75 Å². The molecule has 5 rings (SSSR count). The summed E-state index contributed by atoms with van der Waals surface area (Å²) < 4.78 is 5.38. The smallest absolute Gasteiger partial charge is 0.326 e. The van der Waals surface area contributed by atoms with Crippen LogP contribution < -0.4 is 15.0 Å². The van der Waals surface area contributed by atoms with Gasteiger partial charge < -0.3 is 10.1 Å². The summed E-state index contributed by atoms with van der Waals surface area (Å²) in [5.74, 6) is 0.897. The maximum Gasteiger partial charge on any atom is 0.326 e. The molecule has 0 radical (unpaired) electrons. The molecule has 1 saturated heterocycles. The number of nitrogens with zero attached hydrogens (tertiary/aromatic N) is 2. The van der Waals surface area contributed by atoms with E-state index in [1.165, 1.54) is 16.7 Å². The Morgan fingerprint density at radius 3 is 2.56 bits per heavy atom. The third-order valence-electron chi connectivity index (χ3n) is 7.17. The molecule has 2 heterocycles. The van der Waals surface area contributed by atoms with Crippen LogP contribution in [0.2, 0.25) is 5.02 Å². The number of likely N-dealkylation sites (tertiary alicyclic amines) is 1. The minimum Gasteiger partial charge on any atom is -0.497 e. The number of hydrogen-bond acceptors (Lipinski definition) is 3. The van der Waals surface area contributed by atoms with E-state index >= 15 is 0 Å². The second-order valence-corrected chi connectivity index (χ2v) is 9.89. The predicted octanol–water partition coefficient (Wildman–Crippen LogP) is 6.24. The first kappa shape index (κ1) is 22.8. The number of carbonyl (C=O) groups excluding carboxylic acids is 1. The second kappa shape index (κ2) is 9.32. The Kier molecular flexibility index (Phi) is 6.24. The number of amides is 2. The summed E-state index contributed by atoms with van der Waals surface area (Å²) >= 11 is 6.00. The third-order valence-corrected chi connectivity index (χ3v) is 7.42. The fourth-order valence-electron chi connectivity index (χ4n) is 5.28. The average Bonchev–Trinajstić information content (AvgIpc) is 3.15. The topological polar surface area (TPSA) is 44.8 Å². The summed E-state index contributed by atoms with van der Waals surface area (Å²) in [5.41, 5.74) is 5.57. The predicted molar refractivity (Wildman–Crippen MR) is 138 cm³/mol. The molecule has 1 fully saturated rings. The van der Waals surface area contributed by atoms with Crippen molar-refractivity contribution in [2.75, 3.05) is 37.0 Å². The van der Waals surface area contributed by atoms with Gasteiger partial charge in [0.25, 0.3) is 0 Å². The SMILES string of the molecule is COc1cccc(CN2CCC3(CC2)CN(C(=O)Nc2ccc(Cl)cc2)c2ccc(C)cc23)c1. The molecule has 0 saturated carbocycles. The molecule has 0 bridgehead atoms. The standard InChI is InChI=1S/C28H30ClN3O2/c1-20-6-11-26-25(16-20)28(19-32(26)27(33)30-23-9-7-22(29)8-10-23)12-14-31(15-13-28)18-21-4-3-5-24(17-21)34-2/h3-11,16-17H,12-15,18-19H2,1-2H3,(H,30,33). The lowest BCUT2D eigenvalue weighted by atomic mass is 9.74. The Hall–Kier alpha value is -3.02. The normalized spacial score (nSPS) is 17.0. The molecule has 2 aliphatic rings. The van der Waals surface area contributed by atoms with Gasteiger partial charge in [0.05, 0.1) is 7.11 Å². The number of rotatable bonds is 4. The van der Waals surface area contributed by atoms with Crippen molar-refractivity contribution in [3.8, 4) is 5.75 Å². The summed E-state index contributed by atoms with van der Waals surface area (Å²) in [5, 5.41) is 3.70. The number of fused-ring (bicyclic) bond motifs is 2. The summed E-state index contributed by atoms with van der Waals surface area (Å²) in [6.07, 6.45) is 2.05. The molecule has 3 aromatic carbocycles. The summed E-state index contributed by atoms with van der Waals surface area (Å²) in [6.45, 7) is 5.74. The summed E-state index contributed by atoms with van der Waals surface area (Å²) in [4.78, 5) is 17.7. The summed E-state index contributed by atoms with van der Waals surface area (Å²) in [7, 11) is 1.71. The van der Waals surface area contributed by atoms with Gasteiger partial charge in [-0.05, 0) is 86.4 Å². The lowest BCUT2D eigenvalue weighted by Gasteiger charge is -2.40. The molecule has 0 atom stereocenters. The van der Waals surface area contributed by atoms with E-state index in [-0.39, 0.29) is 11.4 Å². The number of halogens is 1. The van der Waals surface area contributed by atoms with Crippen molar-refractivity contribution in [3.63, 3.8) is 0 Å². The molecular formula is C28H30ClN3O2. The third kappa shape index (κ3) is 4.50. The molecule has 6 heteroatoms. The monoisotopic (exact) mass is 475 g/mol. The average molecular weight is 476 g/mol. The Balaban J connectivity index is 1.33. The first-order valence-corrected chi connectivity index (χ1v) is 12.1. The molecule has 176 valence electrons. The van der Waals surface area contributed by atoms with Crippen molar-refractivity contribution in [2.24, 2.45) is 0 Å². The molecular weight excluding hydrogens is 446 g/mol. The number of carbonyl (C=O) groups is 1. The number of aryl methyl sites for hydroxylation is 1. The van der Waals surface area contributed by atoms with Gasteiger partial charge in [0.15, 0.2) is 0 Å². The van der Waals surface area contributed by atoms with Gasteiger partial charge in [-0.3, -0.25) is 9.80 Å². The number of anilines is 2. The van der Waals surface area contributed by atoms with Crippen LogP contribution in [-0.4, -0.2) is 37.7 Å². The van der Waals surface area contributed by atoms with Crippen LogP contribution in [0.4, 0.5) is 16.2 Å². The number of nitrogens with one attached hydrogen (secondary N) is 1.